The largest absolute Gasteiger partial charge is 0.368 e. The molecular weight excluding hydrogens is 204 g/mol. The summed E-state index contributed by atoms with van der Waals surface area (Å²) in [6.07, 6.45) is 7.17. The molecule has 0 radical (unpaired) electrons. The fourth-order valence-electron chi connectivity index (χ4n) is 1.36. The summed E-state index contributed by atoms with van der Waals surface area (Å²) in [4.78, 5) is 12.0. The summed E-state index contributed by atoms with van der Waals surface area (Å²) >= 11 is 0. The van der Waals surface area contributed by atoms with Crippen LogP contribution in [0.2, 0.25) is 0 Å². The molecule has 2 rings (SSSR count). The molecular formula is C10H14N6. The molecule has 16 heavy (non-hydrogen) atoms. The van der Waals surface area contributed by atoms with Gasteiger partial charge in [-0.3, -0.25) is 0 Å². The SMILES string of the molecule is Cc1cnc(N)nc1NCCn1ccnc1. The molecule has 3 N–H and O–H groups in total. The number of imidazole rings is 1. The first-order valence-electron chi connectivity index (χ1n) is 5.04. The fraction of sp³-hybridized carbons (Fsp3) is 0.300. The van der Waals surface area contributed by atoms with Gasteiger partial charge < -0.3 is 15.6 Å². The van der Waals surface area contributed by atoms with Gasteiger partial charge in [-0.15, -0.1) is 0 Å². The normalized spacial score (nSPS) is 10.3. The lowest BCUT2D eigenvalue weighted by atomic mass is 10.3. The first-order chi connectivity index (χ1) is 7.75. The standard InChI is InChI=1S/C10H14N6/c1-8-6-14-10(11)15-9(8)13-3-5-16-4-2-12-7-16/h2,4,6-7H,3,5H2,1H3,(H3,11,13,14,15). The van der Waals surface area contributed by atoms with E-state index in [1.165, 1.54) is 0 Å². The first-order valence-corrected chi connectivity index (χ1v) is 5.04. The van der Waals surface area contributed by atoms with Gasteiger partial charge in [0.1, 0.15) is 5.82 Å². The topological polar surface area (TPSA) is 81.6 Å². The lowest BCUT2D eigenvalue weighted by Crippen LogP contribution is -2.12. The molecule has 2 aromatic rings. The zero-order chi connectivity index (χ0) is 11.4. The molecule has 2 heterocycles. The van der Waals surface area contributed by atoms with E-state index in [4.69, 9.17) is 5.73 Å². The Morgan fingerprint density at radius 2 is 2.38 bits per heavy atom. The number of anilines is 2. The number of hydrogen-bond donors (Lipinski definition) is 2. The molecule has 2 aromatic heterocycles. The Hall–Kier alpha value is -2.11. The van der Waals surface area contributed by atoms with E-state index in [0.717, 1.165) is 24.5 Å². The van der Waals surface area contributed by atoms with Crippen LogP contribution in [0.15, 0.2) is 24.9 Å². The van der Waals surface area contributed by atoms with Crippen LogP contribution in [0.4, 0.5) is 11.8 Å². The monoisotopic (exact) mass is 218 g/mol. The number of nitrogens with one attached hydrogen (secondary N) is 1. The smallest absolute Gasteiger partial charge is 0.221 e. The van der Waals surface area contributed by atoms with Gasteiger partial charge in [0.05, 0.1) is 6.33 Å². The maximum absolute atomic E-state index is 5.52. The Labute approximate surface area is 93.6 Å². The molecule has 0 amide bonds. The highest BCUT2D eigenvalue weighted by molar-refractivity contribution is 5.44. The number of hydrogen-bond acceptors (Lipinski definition) is 5. The quantitative estimate of drug-likeness (QED) is 0.788. The van der Waals surface area contributed by atoms with Gasteiger partial charge in [0, 0.05) is 37.2 Å². The highest BCUT2D eigenvalue weighted by atomic mass is 15.1. The van der Waals surface area contributed by atoms with Crippen molar-refractivity contribution in [1.82, 2.24) is 19.5 Å². The van der Waals surface area contributed by atoms with Crippen molar-refractivity contribution >= 4 is 11.8 Å². The average molecular weight is 218 g/mol. The fourth-order valence-corrected chi connectivity index (χ4v) is 1.36. The third-order valence-corrected chi connectivity index (χ3v) is 2.21. The minimum Gasteiger partial charge on any atom is -0.368 e. The number of aromatic nitrogens is 4. The van der Waals surface area contributed by atoms with Crippen LogP contribution < -0.4 is 11.1 Å². The Kier molecular flexibility index (Phi) is 3.00. The Bertz CT molecular complexity index is 450. The molecule has 0 spiro atoms. The predicted octanol–water partition coefficient (Wildman–Crippen LogP) is 0.676. The molecule has 0 aliphatic carbocycles. The maximum atomic E-state index is 5.52. The molecule has 0 unspecified atom stereocenters. The predicted molar refractivity (Wildman–Crippen MR) is 61.9 cm³/mol. The average Bonchev–Trinajstić information content (AvgIpc) is 2.76. The second-order valence-corrected chi connectivity index (χ2v) is 3.49. The molecule has 0 saturated heterocycles. The highest BCUT2D eigenvalue weighted by Crippen LogP contribution is 2.10. The Morgan fingerprint density at radius 1 is 1.50 bits per heavy atom. The molecule has 0 aromatic carbocycles. The van der Waals surface area contributed by atoms with E-state index in [2.05, 4.69) is 20.3 Å². The van der Waals surface area contributed by atoms with E-state index in [1.807, 2.05) is 17.7 Å². The van der Waals surface area contributed by atoms with Crippen molar-refractivity contribution < 1.29 is 0 Å². The van der Waals surface area contributed by atoms with Crippen LogP contribution in [-0.4, -0.2) is 26.1 Å². The summed E-state index contributed by atoms with van der Waals surface area (Å²) in [6, 6.07) is 0. The van der Waals surface area contributed by atoms with Crippen molar-refractivity contribution in [1.29, 1.82) is 0 Å². The van der Waals surface area contributed by atoms with Crippen molar-refractivity contribution in [2.75, 3.05) is 17.6 Å². The molecule has 0 aliphatic rings. The summed E-state index contributed by atoms with van der Waals surface area (Å²) in [5.74, 6) is 1.07. The summed E-state index contributed by atoms with van der Waals surface area (Å²) < 4.78 is 1.99. The third kappa shape index (κ3) is 2.47. The maximum Gasteiger partial charge on any atom is 0.221 e. The third-order valence-electron chi connectivity index (χ3n) is 2.21. The van der Waals surface area contributed by atoms with Crippen LogP contribution in [0.3, 0.4) is 0 Å². The summed E-state index contributed by atoms with van der Waals surface area (Å²) in [6.45, 7) is 3.55. The van der Waals surface area contributed by atoms with E-state index in [0.29, 0.717) is 0 Å². The minimum atomic E-state index is 0.288. The zero-order valence-electron chi connectivity index (χ0n) is 9.09. The second kappa shape index (κ2) is 4.61. The van der Waals surface area contributed by atoms with E-state index >= 15 is 0 Å². The summed E-state index contributed by atoms with van der Waals surface area (Å²) in [7, 11) is 0. The van der Waals surface area contributed by atoms with Crippen molar-refractivity contribution in [3.8, 4) is 0 Å². The van der Waals surface area contributed by atoms with Crippen molar-refractivity contribution in [2.45, 2.75) is 13.5 Å². The van der Waals surface area contributed by atoms with Crippen LogP contribution in [0, 0.1) is 6.92 Å². The molecule has 0 aliphatic heterocycles. The number of rotatable bonds is 4. The van der Waals surface area contributed by atoms with E-state index in [-0.39, 0.29) is 5.95 Å². The number of nitrogens with zero attached hydrogens (tertiary/aromatic N) is 4. The van der Waals surface area contributed by atoms with Gasteiger partial charge >= 0.3 is 0 Å². The molecule has 0 fully saturated rings. The van der Waals surface area contributed by atoms with Crippen molar-refractivity contribution in [3.63, 3.8) is 0 Å². The van der Waals surface area contributed by atoms with Crippen molar-refractivity contribution in [3.05, 3.63) is 30.5 Å². The molecule has 0 bridgehead atoms. The molecule has 6 nitrogen and oxygen atoms in total. The van der Waals surface area contributed by atoms with Gasteiger partial charge in [-0.1, -0.05) is 0 Å². The molecule has 84 valence electrons. The highest BCUT2D eigenvalue weighted by Gasteiger charge is 2.00. The summed E-state index contributed by atoms with van der Waals surface area (Å²) in [5, 5.41) is 3.21. The number of nitrogens with two attached hydrogens (primary N) is 1. The van der Waals surface area contributed by atoms with E-state index in [9.17, 15) is 0 Å². The first kappa shape index (κ1) is 10.4. The van der Waals surface area contributed by atoms with Crippen LogP contribution in [-0.2, 0) is 6.54 Å². The van der Waals surface area contributed by atoms with Crippen molar-refractivity contribution in [2.24, 2.45) is 0 Å². The Balaban J connectivity index is 1.92. The lowest BCUT2D eigenvalue weighted by molar-refractivity contribution is 0.725. The van der Waals surface area contributed by atoms with E-state index in [1.54, 1.807) is 18.7 Å². The van der Waals surface area contributed by atoms with Crippen LogP contribution in [0.25, 0.3) is 0 Å². The van der Waals surface area contributed by atoms with Gasteiger partial charge in [-0.05, 0) is 6.92 Å². The van der Waals surface area contributed by atoms with Crippen LogP contribution in [0.1, 0.15) is 5.56 Å². The van der Waals surface area contributed by atoms with Gasteiger partial charge in [0.2, 0.25) is 5.95 Å². The molecule has 0 atom stereocenters. The van der Waals surface area contributed by atoms with Gasteiger partial charge in [-0.2, -0.15) is 4.98 Å². The van der Waals surface area contributed by atoms with Crippen LogP contribution in [0.5, 0.6) is 0 Å². The summed E-state index contributed by atoms with van der Waals surface area (Å²) in [5.41, 5.74) is 6.50. The Morgan fingerprint density at radius 3 is 3.12 bits per heavy atom. The second-order valence-electron chi connectivity index (χ2n) is 3.49. The van der Waals surface area contributed by atoms with Gasteiger partial charge in [-0.25, -0.2) is 9.97 Å². The number of nitrogen functional groups attached to an aromatic ring is 1. The van der Waals surface area contributed by atoms with Gasteiger partial charge in [0.15, 0.2) is 0 Å². The zero-order valence-corrected chi connectivity index (χ0v) is 9.09. The lowest BCUT2D eigenvalue weighted by Gasteiger charge is -2.08. The van der Waals surface area contributed by atoms with E-state index < -0.39 is 0 Å². The van der Waals surface area contributed by atoms with Crippen LogP contribution >= 0.6 is 0 Å². The molecule has 6 heteroatoms. The van der Waals surface area contributed by atoms with Gasteiger partial charge in [0.25, 0.3) is 0 Å². The number of aryl methyl sites for hydroxylation is 1. The molecule has 0 saturated carbocycles. The minimum absolute atomic E-state index is 0.288.